The van der Waals surface area contributed by atoms with Crippen LogP contribution in [0.2, 0.25) is 0 Å². The van der Waals surface area contributed by atoms with Crippen LogP contribution in [0, 0.1) is 4.91 Å². The van der Waals surface area contributed by atoms with Gasteiger partial charge in [-0.05, 0) is 6.42 Å². The van der Waals surface area contributed by atoms with Crippen molar-refractivity contribution in [2.45, 2.75) is 17.9 Å². The number of nitrogens with one attached hydrogen (secondary N) is 1. The number of rotatable bonds is 11. The Morgan fingerprint density at radius 3 is 2.11 bits per heavy atom. The van der Waals surface area contributed by atoms with Crippen molar-refractivity contribution in [1.82, 2.24) is 15.2 Å². The van der Waals surface area contributed by atoms with Gasteiger partial charge < -0.3 is 34.9 Å². The summed E-state index contributed by atoms with van der Waals surface area (Å²) in [6.07, 6.45) is -1.38. The molecule has 0 aromatic rings. The summed E-state index contributed by atoms with van der Waals surface area (Å²) in [6.45, 7) is -0.978. The smallest absolute Gasteiger partial charge is 0.368 e. The first-order chi connectivity index (χ1) is 12.2. The van der Waals surface area contributed by atoms with Crippen LogP contribution in [0.15, 0.2) is 5.29 Å². The first-order valence-electron chi connectivity index (χ1n) is 7.23. The second-order valence-electron chi connectivity index (χ2n) is 5.35. The highest BCUT2D eigenvalue weighted by molar-refractivity contribution is 7.72. The molecule has 0 aromatic carbocycles. The van der Waals surface area contributed by atoms with Gasteiger partial charge >= 0.3 is 21.2 Å². The number of nitrogens with zero attached hydrogens (tertiary/aromatic N) is 3. The van der Waals surface area contributed by atoms with Crippen LogP contribution in [0.3, 0.4) is 0 Å². The molecule has 0 radical (unpaired) electrons. The monoisotopic (exact) mass is 454 g/mol. The van der Waals surface area contributed by atoms with Gasteiger partial charge in [0, 0.05) is 25.9 Å². The minimum absolute atomic E-state index is 0.0560. The predicted molar refractivity (Wildman–Crippen MR) is 92.5 cm³/mol. The number of halogens is 1. The number of aliphatic hydroxyl groups is 1. The van der Waals surface area contributed by atoms with E-state index >= 15 is 0 Å². The number of hydrogen-bond acceptors (Lipinski definition) is 7. The SMILES string of the molecule is CN(CC(=O)NCCCC(O)(P(=O)(O)O)P(=O)(O)O)C(=O)N(CCCl)N=O. The lowest BCUT2D eigenvalue weighted by molar-refractivity contribution is -0.121. The second-order valence-corrected chi connectivity index (χ2v) is 9.73. The number of amides is 3. The summed E-state index contributed by atoms with van der Waals surface area (Å²) in [6, 6.07) is -0.891. The van der Waals surface area contributed by atoms with Gasteiger partial charge in [-0.1, -0.05) is 0 Å². The molecule has 158 valence electrons. The predicted octanol–water partition coefficient (Wildman–Crippen LogP) is -0.842. The molecule has 0 heterocycles. The molecule has 0 aliphatic heterocycles. The summed E-state index contributed by atoms with van der Waals surface area (Å²) < 4.78 is 22.3. The maximum Gasteiger partial charge on any atom is 0.369 e. The molecule has 0 unspecified atom stereocenters. The molecule has 0 atom stereocenters. The van der Waals surface area contributed by atoms with Crippen molar-refractivity contribution in [3.05, 3.63) is 4.91 Å². The van der Waals surface area contributed by atoms with E-state index < -0.39 is 45.2 Å². The van der Waals surface area contributed by atoms with Gasteiger partial charge in [0.05, 0.1) is 11.8 Å². The van der Waals surface area contributed by atoms with E-state index in [1.165, 1.54) is 7.05 Å². The van der Waals surface area contributed by atoms with Gasteiger partial charge in [0.25, 0.3) is 5.08 Å². The highest BCUT2D eigenvalue weighted by atomic mass is 35.5. The Labute approximate surface area is 158 Å². The summed E-state index contributed by atoms with van der Waals surface area (Å²) in [7, 11) is -9.92. The Balaban J connectivity index is 4.60. The molecule has 0 spiro atoms. The summed E-state index contributed by atoms with van der Waals surface area (Å²) in [5.74, 6) is -0.794. The Morgan fingerprint density at radius 2 is 1.70 bits per heavy atom. The molecule has 6 N–H and O–H groups in total. The van der Waals surface area contributed by atoms with Gasteiger partial charge in [-0.3, -0.25) is 13.9 Å². The first kappa shape index (κ1) is 25.9. The highest BCUT2D eigenvalue weighted by Gasteiger charge is 2.58. The molecule has 17 heteroatoms. The topological polar surface area (TPSA) is 217 Å². The number of carbonyl (C=O) groups is 2. The lowest BCUT2D eigenvalue weighted by Gasteiger charge is -2.29. The van der Waals surface area contributed by atoms with Crippen LogP contribution < -0.4 is 5.32 Å². The molecular formula is C10H21ClN4O10P2. The van der Waals surface area contributed by atoms with Crippen LogP contribution in [0.1, 0.15) is 12.8 Å². The second kappa shape index (κ2) is 10.4. The minimum atomic E-state index is -5.56. The zero-order valence-corrected chi connectivity index (χ0v) is 16.7. The summed E-state index contributed by atoms with van der Waals surface area (Å²) in [4.78, 5) is 70.8. The lowest BCUT2D eigenvalue weighted by atomic mass is 10.3. The van der Waals surface area contributed by atoms with E-state index in [-0.39, 0.29) is 25.4 Å². The lowest BCUT2D eigenvalue weighted by Crippen LogP contribution is -2.44. The van der Waals surface area contributed by atoms with Gasteiger partial charge in [-0.25, -0.2) is 4.79 Å². The van der Waals surface area contributed by atoms with Crippen molar-refractivity contribution >= 4 is 38.7 Å². The fraction of sp³-hybridized carbons (Fsp3) is 0.800. The Hall–Kier alpha value is -1.11. The largest absolute Gasteiger partial charge is 0.369 e. The van der Waals surface area contributed by atoms with Crippen LogP contribution in [0.25, 0.3) is 0 Å². The maximum absolute atomic E-state index is 11.8. The maximum atomic E-state index is 11.8. The molecule has 14 nitrogen and oxygen atoms in total. The van der Waals surface area contributed by atoms with Crippen LogP contribution in [0.4, 0.5) is 4.79 Å². The van der Waals surface area contributed by atoms with Gasteiger partial charge in [0.2, 0.25) is 5.91 Å². The quantitative estimate of drug-likeness (QED) is 0.0747. The van der Waals surface area contributed by atoms with E-state index in [2.05, 4.69) is 10.6 Å². The highest BCUT2D eigenvalue weighted by Crippen LogP contribution is 2.69. The van der Waals surface area contributed by atoms with Crippen molar-refractivity contribution in [2.75, 3.05) is 32.6 Å². The zero-order valence-electron chi connectivity index (χ0n) is 14.1. The molecule has 0 saturated heterocycles. The van der Waals surface area contributed by atoms with Crippen molar-refractivity contribution in [1.29, 1.82) is 0 Å². The summed E-state index contributed by atoms with van der Waals surface area (Å²) in [5, 5.41) is 11.3. The van der Waals surface area contributed by atoms with Crippen molar-refractivity contribution in [3.8, 4) is 0 Å². The van der Waals surface area contributed by atoms with E-state index in [0.29, 0.717) is 5.01 Å². The Bertz CT molecular complexity index is 615. The fourth-order valence-corrected chi connectivity index (χ4v) is 4.22. The van der Waals surface area contributed by atoms with Gasteiger partial charge in [0.1, 0.15) is 6.54 Å². The van der Waals surface area contributed by atoms with Gasteiger partial charge in [-0.2, -0.15) is 5.01 Å². The third-order valence-corrected chi connectivity index (χ3v) is 7.31. The number of likely N-dealkylation sites (N-methyl/N-ethyl adjacent to an activating group) is 1. The van der Waals surface area contributed by atoms with E-state index in [9.17, 15) is 28.7 Å². The number of carbonyl (C=O) groups excluding carboxylic acids is 2. The van der Waals surface area contributed by atoms with Crippen LogP contribution >= 0.6 is 26.8 Å². The number of alkyl halides is 1. The molecule has 0 bridgehead atoms. The first-order valence-corrected chi connectivity index (χ1v) is 11.0. The van der Waals surface area contributed by atoms with E-state index in [1.54, 1.807) is 0 Å². The minimum Gasteiger partial charge on any atom is -0.368 e. The third kappa shape index (κ3) is 7.43. The molecule has 3 amide bonds. The fourth-order valence-electron chi connectivity index (χ4n) is 1.80. The molecule has 0 aromatic heterocycles. The number of nitroso groups, excluding NO2 is 1. The number of urea groups is 1. The average Bonchev–Trinajstić information content (AvgIpc) is 2.53. The molecule has 0 saturated carbocycles. The zero-order chi connectivity index (χ0) is 21.5. The molecule has 0 rings (SSSR count). The van der Waals surface area contributed by atoms with E-state index in [0.717, 1.165) is 4.90 Å². The Morgan fingerprint density at radius 1 is 1.19 bits per heavy atom. The molecule has 0 fully saturated rings. The van der Waals surface area contributed by atoms with Crippen LogP contribution in [-0.2, 0) is 13.9 Å². The standard InChI is InChI=1S/C10H21ClN4O10P2/c1-14(9(17)15(13-19)6-4-11)7-8(16)12-5-2-3-10(18,26(20,21)22)27(23,24)25/h18H,2-7H2,1H3,(H,12,16)(H2,20,21,22)(H2,23,24,25). The summed E-state index contributed by atoms with van der Waals surface area (Å²) in [5.41, 5.74) is 0. The Kier molecular flexibility index (Phi) is 10.0. The molecular weight excluding hydrogens is 434 g/mol. The molecule has 0 aliphatic carbocycles. The van der Waals surface area contributed by atoms with Crippen molar-refractivity contribution in [2.24, 2.45) is 5.29 Å². The van der Waals surface area contributed by atoms with Crippen LogP contribution in [-0.4, -0.2) is 84.2 Å². The van der Waals surface area contributed by atoms with Crippen molar-refractivity contribution in [3.63, 3.8) is 0 Å². The van der Waals surface area contributed by atoms with Gasteiger partial charge in [-0.15, -0.1) is 16.5 Å². The average molecular weight is 455 g/mol. The number of hydrogen-bond donors (Lipinski definition) is 6. The van der Waals surface area contributed by atoms with E-state index in [4.69, 9.17) is 31.2 Å². The normalized spacial score (nSPS) is 12.4. The van der Waals surface area contributed by atoms with E-state index in [1.807, 2.05) is 0 Å². The molecule has 0 aliphatic rings. The third-order valence-electron chi connectivity index (χ3n) is 3.27. The van der Waals surface area contributed by atoms with Gasteiger partial charge in [0.15, 0.2) is 0 Å². The van der Waals surface area contributed by atoms with Crippen LogP contribution in [0.5, 0.6) is 0 Å². The molecule has 27 heavy (non-hydrogen) atoms. The van der Waals surface area contributed by atoms with Crippen molar-refractivity contribution < 1.29 is 43.4 Å². The summed E-state index contributed by atoms with van der Waals surface area (Å²) >= 11 is 5.39.